The number of rotatable bonds is 3. The van der Waals surface area contributed by atoms with Gasteiger partial charge in [-0.05, 0) is 34.0 Å². The van der Waals surface area contributed by atoms with E-state index >= 15 is 0 Å². The van der Waals surface area contributed by atoms with Gasteiger partial charge in [0.2, 0.25) is 0 Å². The zero-order valence-corrected chi connectivity index (χ0v) is 10.7. The lowest BCUT2D eigenvalue weighted by Crippen LogP contribution is -2.19. The molecule has 0 bridgehead atoms. The second-order valence-corrected chi connectivity index (χ2v) is 5.33. The van der Waals surface area contributed by atoms with Crippen LogP contribution in [-0.2, 0) is 0 Å². The predicted octanol–water partition coefficient (Wildman–Crippen LogP) is 2.26. The van der Waals surface area contributed by atoms with E-state index in [4.69, 9.17) is 0 Å². The Bertz CT molecular complexity index is 516. The first-order valence-corrected chi connectivity index (χ1v) is 5.72. The maximum atomic E-state index is 13.7. The van der Waals surface area contributed by atoms with Crippen molar-refractivity contribution in [3.8, 4) is 5.69 Å². The molecule has 0 atom stereocenters. The van der Waals surface area contributed by atoms with Crippen molar-refractivity contribution >= 4 is 5.69 Å². The molecule has 1 aromatic heterocycles. The van der Waals surface area contributed by atoms with E-state index in [1.165, 1.54) is 17.1 Å². The van der Waals surface area contributed by atoms with Crippen LogP contribution in [0.3, 0.4) is 0 Å². The van der Waals surface area contributed by atoms with Gasteiger partial charge in [-0.1, -0.05) is 20.8 Å². The van der Waals surface area contributed by atoms with E-state index in [1.54, 1.807) is 12.1 Å². The fourth-order valence-corrected chi connectivity index (χ4v) is 1.43. The molecule has 0 radical (unpaired) electrons. The molecule has 0 aliphatic carbocycles. The number of hydrogen-bond donors (Lipinski definition) is 1. The van der Waals surface area contributed by atoms with Gasteiger partial charge in [-0.25, -0.2) is 9.07 Å². The lowest BCUT2D eigenvalue weighted by molar-refractivity contribution is 0.442. The third kappa shape index (κ3) is 3.03. The van der Waals surface area contributed by atoms with Gasteiger partial charge in [0.05, 0.1) is 11.4 Å². The summed E-state index contributed by atoms with van der Waals surface area (Å²) in [5.74, 6) is -0.281. The first-order chi connectivity index (χ1) is 8.46. The minimum absolute atomic E-state index is 0.0806. The highest BCUT2D eigenvalue weighted by molar-refractivity contribution is 5.52. The third-order valence-corrected chi connectivity index (χ3v) is 2.37. The molecule has 0 saturated heterocycles. The second-order valence-electron chi connectivity index (χ2n) is 5.33. The molecule has 0 spiro atoms. The number of nitrogens with one attached hydrogen (secondary N) is 1. The van der Waals surface area contributed by atoms with Crippen molar-refractivity contribution in [3.05, 3.63) is 30.3 Å². The van der Waals surface area contributed by atoms with Crippen molar-refractivity contribution in [1.29, 1.82) is 0 Å². The molecule has 2 rings (SSSR count). The summed E-state index contributed by atoms with van der Waals surface area (Å²) < 4.78 is 15.2. The van der Waals surface area contributed by atoms with E-state index in [-0.39, 0.29) is 11.2 Å². The first kappa shape index (κ1) is 12.5. The van der Waals surface area contributed by atoms with Gasteiger partial charge in [0, 0.05) is 6.54 Å². The van der Waals surface area contributed by atoms with E-state index in [1.807, 2.05) is 0 Å². The Morgan fingerprint density at radius 2 is 2.11 bits per heavy atom. The number of nitrogens with zero attached hydrogens (tertiary/aromatic N) is 4. The SMILES string of the molecule is CC(C)(C)CNc1cc(-n2cnnn2)ccc1F. The van der Waals surface area contributed by atoms with Gasteiger partial charge in [0.1, 0.15) is 12.1 Å². The average molecular weight is 249 g/mol. The highest BCUT2D eigenvalue weighted by Crippen LogP contribution is 2.21. The predicted molar refractivity (Wildman–Crippen MR) is 67.1 cm³/mol. The van der Waals surface area contributed by atoms with E-state index in [0.29, 0.717) is 12.2 Å². The Balaban J connectivity index is 2.22. The molecular formula is C12H16FN5. The van der Waals surface area contributed by atoms with E-state index in [0.717, 1.165) is 5.69 Å². The van der Waals surface area contributed by atoms with Gasteiger partial charge >= 0.3 is 0 Å². The fraction of sp³-hybridized carbons (Fsp3) is 0.417. The fourth-order valence-electron chi connectivity index (χ4n) is 1.43. The standard InChI is InChI=1S/C12H16FN5/c1-12(2,3)7-14-11-6-9(4-5-10(11)13)18-8-15-16-17-18/h4-6,8,14H,7H2,1-3H3. The Morgan fingerprint density at radius 1 is 1.33 bits per heavy atom. The summed E-state index contributed by atoms with van der Waals surface area (Å²) in [4.78, 5) is 0. The van der Waals surface area contributed by atoms with Crippen LogP contribution < -0.4 is 5.32 Å². The molecule has 18 heavy (non-hydrogen) atoms. The number of halogens is 1. The van der Waals surface area contributed by atoms with E-state index < -0.39 is 0 Å². The molecular weight excluding hydrogens is 233 g/mol. The number of aromatic nitrogens is 4. The van der Waals surface area contributed by atoms with Crippen LogP contribution in [0.25, 0.3) is 5.69 Å². The molecule has 6 heteroatoms. The third-order valence-electron chi connectivity index (χ3n) is 2.37. The molecule has 0 fully saturated rings. The lowest BCUT2D eigenvalue weighted by Gasteiger charge is -2.20. The van der Waals surface area contributed by atoms with Crippen LogP contribution >= 0.6 is 0 Å². The number of hydrogen-bond acceptors (Lipinski definition) is 4. The van der Waals surface area contributed by atoms with Crippen LogP contribution in [0.2, 0.25) is 0 Å². The Kier molecular flexibility index (Phi) is 3.27. The molecule has 96 valence electrons. The molecule has 5 nitrogen and oxygen atoms in total. The largest absolute Gasteiger partial charge is 0.382 e. The smallest absolute Gasteiger partial charge is 0.146 e. The highest BCUT2D eigenvalue weighted by atomic mass is 19.1. The van der Waals surface area contributed by atoms with Gasteiger partial charge < -0.3 is 5.32 Å². The van der Waals surface area contributed by atoms with E-state index in [9.17, 15) is 4.39 Å². The Morgan fingerprint density at radius 3 is 2.72 bits per heavy atom. The van der Waals surface area contributed by atoms with Crippen molar-refractivity contribution < 1.29 is 4.39 Å². The molecule has 0 aliphatic heterocycles. The van der Waals surface area contributed by atoms with Gasteiger partial charge in [-0.3, -0.25) is 0 Å². The van der Waals surface area contributed by atoms with Gasteiger partial charge in [-0.2, -0.15) is 0 Å². The zero-order valence-electron chi connectivity index (χ0n) is 10.7. The summed E-state index contributed by atoms with van der Waals surface area (Å²) in [5, 5.41) is 14.0. The molecule has 1 heterocycles. The molecule has 0 amide bonds. The van der Waals surface area contributed by atoms with Crippen molar-refractivity contribution in [2.75, 3.05) is 11.9 Å². The maximum absolute atomic E-state index is 13.7. The molecule has 0 saturated carbocycles. The topological polar surface area (TPSA) is 55.6 Å². The summed E-state index contributed by atoms with van der Waals surface area (Å²) in [7, 11) is 0. The quantitative estimate of drug-likeness (QED) is 0.906. The molecule has 1 N–H and O–H groups in total. The van der Waals surface area contributed by atoms with Crippen LogP contribution in [0.4, 0.5) is 10.1 Å². The summed E-state index contributed by atoms with van der Waals surface area (Å²) >= 11 is 0. The first-order valence-electron chi connectivity index (χ1n) is 5.72. The highest BCUT2D eigenvalue weighted by Gasteiger charge is 2.12. The maximum Gasteiger partial charge on any atom is 0.146 e. The van der Waals surface area contributed by atoms with E-state index in [2.05, 4.69) is 41.6 Å². The Labute approximate surface area is 105 Å². The minimum Gasteiger partial charge on any atom is -0.382 e. The number of anilines is 1. The normalized spacial score (nSPS) is 11.6. The summed E-state index contributed by atoms with van der Waals surface area (Å²) in [6.45, 7) is 6.94. The molecule has 0 aliphatic rings. The zero-order chi connectivity index (χ0) is 13.2. The van der Waals surface area contributed by atoms with Crippen LogP contribution in [0.1, 0.15) is 20.8 Å². The van der Waals surface area contributed by atoms with Gasteiger partial charge in [0.25, 0.3) is 0 Å². The minimum atomic E-state index is -0.281. The Hall–Kier alpha value is -1.98. The average Bonchev–Trinajstić information content (AvgIpc) is 2.80. The monoisotopic (exact) mass is 249 g/mol. The van der Waals surface area contributed by atoms with Gasteiger partial charge in [0.15, 0.2) is 0 Å². The van der Waals surface area contributed by atoms with Crippen molar-refractivity contribution in [2.24, 2.45) is 5.41 Å². The second kappa shape index (κ2) is 4.72. The molecule has 1 aromatic carbocycles. The number of benzene rings is 1. The van der Waals surface area contributed by atoms with Crippen molar-refractivity contribution in [1.82, 2.24) is 20.2 Å². The molecule has 2 aromatic rings. The summed E-state index contributed by atoms with van der Waals surface area (Å²) in [6.07, 6.45) is 1.47. The van der Waals surface area contributed by atoms with Gasteiger partial charge in [-0.15, -0.1) is 5.10 Å². The van der Waals surface area contributed by atoms with Crippen molar-refractivity contribution in [2.45, 2.75) is 20.8 Å². The molecule has 0 unspecified atom stereocenters. The summed E-state index contributed by atoms with van der Waals surface area (Å²) in [6, 6.07) is 4.73. The lowest BCUT2D eigenvalue weighted by atomic mass is 9.97. The van der Waals surface area contributed by atoms with Crippen LogP contribution in [0.15, 0.2) is 24.5 Å². The van der Waals surface area contributed by atoms with Crippen LogP contribution in [0, 0.1) is 11.2 Å². The van der Waals surface area contributed by atoms with Crippen molar-refractivity contribution in [3.63, 3.8) is 0 Å². The van der Waals surface area contributed by atoms with Crippen LogP contribution in [-0.4, -0.2) is 26.8 Å². The van der Waals surface area contributed by atoms with Crippen LogP contribution in [0.5, 0.6) is 0 Å². The summed E-state index contributed by atoms with van der Waals surface area (Å²) in [5.41, 5.74) is 1.26. The number of tetrazole rings is 1.